The van der Waals surface area contributed by atoms with Crippen LogP contribution >= 0.6 is 0 Å². The average Bonchev–Trinajstić information content (AvgIpc) is 3.57. The van der Waals surface area contributed by atoms with Gasteiger partial charge in [0.15, 0.2) is 0 Å². The number of furan rings is 1. The van der Waals surface area contributed by atoms with Crippen LogP contribution in [0.15, 0.2) is 132 Å². The van der Waals surface area contributed by atoms with Crippen LogP contribution in [-0.2, 0) is 0 Å². The fourth-order valence-corrected chi connectivity index (χ4v) is 6.01. The summed E-state index contributed by atoms with van der Waals surface area (Å²) in [6.45, 7) is 0. The zero-order valence-corrected chi connectivity index (χ0v) is 21.4. The fourth-order valence-electron chi connectivity index (χ4n) is 6.01. The fraction of sp³-hybridized carbons (Fsp3) is 0. The normalized spacial score (nSPS) is 11.5. The van der Waals surface area contributed by atoms with Crippen LogP contribution in [0.1, 0.15) is 5.69 Å². The van der Waals surface area contributed by atoms with Gasteiger partial charge in [-0.3, -0.25) is 0 Å². The minimum atomic E-state index is 0.420. The largest absolute Gasteiger partial charge is 0.455 e. The molecular formula is C36H21N3O. The number of fused-ring (bicyclic) bond motifs is 7. The predicted octanol–water partition coefficient (Wildman–Crippen LogP) is 9.28. The van der Waals surface area contributed by atoms with Gasteiger partial charge in [0.25, 0.3) is 0 Å². The first kappa shape index (κ1) is 22.3. The molecule has 40 heavy (non-hydrogen) atoms. The van der Waals surface area contributed by atoms with Gasteiger partial charge in [-0.15, -0.1) is 0 Å². The van der Waals surface area contributed by atoms with Crippen LogP contribution in [0.2, 0.25) is 0 Å². The van der Waals surface area contributed by atoms with Crippen molar-refractivity contribution in [3.05, 3.63) is 133 Å². The first-order valence-electron chi connectivity index (χ1n) is 13.2. The molecule has 0 saturated carbocycles. The van der Waals surface area contributed by atoms with Gasteiger partial charge in [-0.1, -0.05) is 72.8 Å². The van der Waals surface area contributed by atoms with Gasteiger partial charge in [0.05, 0.1) is 16.4 Å². The number of pyridine rings is 1. The van der Waals surface area contributed by atoms with Crippen molar-refractivity contribution in [2.45, 2.75) is 0 Å². The van der Waals surface area contributed by atoms with E-state index in [4.69, 9.17) is 4.42 Å². The van der Waals surface area contributed by atoms with E-state index in [1.165, 1.54) is 0 Å². The Labute approximate surface area is 230 Å². The van der Waals surface area contributed by atoms with E-state index in [1.807, 2.05) is 36.4 Å². The molecule has 4 heteroatoms. The molecule has 5 aromatic carbocycles. The number of hydrogen-bond acceptors (Lipinski definition) is 3. The van der Waals surface area contributed by atoms with Crippen molar-refractivity contribution >= 4 is 43.7 Å². The zero-order valence-electron chi connectivity index (χ0n) is 21.4. The van der Waals surface area contributed by atoms with Crippen molar-refractivity contribution in [2.75, 3.05) is 0 Å². The number of rotatable bonds is 3. The summed E-state index contributed by atoms with van der Waals surface area (Å²) in [4.78, 5) is 4.30. The minimum absolute atomic E-state index is 0.420. The van der Waals surface area contributed by atoms with Crippen molar-refractivity contribution in [3.63, 3.8) is 0 Å². The van der Waals surface area contributed by atoms with Crippen molar-refractivity contribution in [2.24, 2.45) is 0 Å². The second-order valence-electron chi connectivity index (χ2n) is 9.89. The Morgan fingerprint density at radius 3 is 2.30 bits per heavy atom. The molecule has 0 spiro atoms. The lowest BCUT2D eigenvalue weighted by Gasteiger charge is -2.14. The van der Waals surface area contributed by atoms with E-state index < -0.39 is 0 Å². The maximum absolute atomic E-state index is 9.71. The molecular weight excluding hydrogens is 490 g/mol. The van der Waals surface area contributed by atoms with Crippen LogP contribution in [0.5, 0.6) is 0 Å². The van der Waals surface area contributed by atoms with Gasteiger partial charge in [-0.05, 0) is 65.2 Å². The number of nitrogens with zero attached hydrogens (tertiary/aromatic N) is 3. The molecule has 3 aromatic heterocycles. The maximum atomic E-state index is 9.71. The molecule has 0 unspecified atom stereocenters. The molecule has 8 rings (SSSR count). The predicted molar refractivity (Wildman–Crippen MR) is 161 cm³/mol. The molecule has 186 valence electrons. The van der Waals surface area contributed by atoms with Crippen molar-refractivity contribution in [3.8, 4) is 34.0 Å². The monoisotopic (exact) mass is 511 g/mol. The smallest absolute Gasteiger partial charge is 0.148 e. The second kappa shape index (κ2) is 8.69. The zero-order chi connectivity index (χ0) is 26.6. The van der Waals surface area contributed by atoms with Gasteiger partial charge in [-0.2, -0.15) is 5.26 Å². The minimum Gasteiger partial charge on any atom is -0.455 e. The molecule has 0 N–H and O–H groups in total. The van der Waals surface area contributed by atoms with Crippen molar-refractivity contribution in [1.29, 1.82) is 5.26 Å². The number of para-hydroxylation sites is 2. The SMILES string of the molecule is N#Cc1ncccc1-c1ccccc1-c1cccc(-n2c3ccccc3c3c4oc5ccccc5c4ccc32)c1. The summed E-state index contributed by atoms with van der Waals surface area (Å²) in [7, 11) is 0. The third-order valence-corrected chi connectivity index (χ3v) is 7.73. The summed E-state index contributed by atoms with van der Waals surface area (Å²) in [5.74, 6) is 0. The van der Waals surface area contributed by atoms with Crippen LogP contribution in [0, 0.1) is 11.3 Å². The molecule has 3 heterocycles. The molecule has 8 aromatic rings. The summed E-state index contributed by atoms with van der Waals surface area (Å²) >= 11 is 0. The molecule has 0 aliphatic rings. The topological polar surface area (TPSA) is 54.8 Å². The highest BCUT2D eigenvalue weighted by Gasteiger charge is 2.19. The van der Waals surface area contributed by atoms with Gasteiger partial charge in [0, 0.05) is 33.6 Å². The first-order valence-corrected chi connectivity index (χ1v) is 13.2. The van der Waals surface area contributed by atoms with Crippen LogP contribution in [0.25, 0.3) is 71.7 Å². The molecule has 0 radical (unpaired) electrons. The highest BCUT2D eigenvalue weighted by molar-refractivity contribution is 6.23. The molecule has 4 nitrogen and oxygen atoms in total. The van der Waals surface area contributed by atoms with Crippen LogP contribution in [-0.4, -0.2) is 9.55 Å². The Balaban J connectivity index is 1.39. The molecule has 0 aliphatic heterocycles. The average molecular weight is 512 g/mol. The van der Waals surface area contributed by atoms with Gasteiger partial charge >= 0.3 is 0 Å². The van der Waals surface area contributed by atoms with Crippen LogP contribution in [0.4, 0.5) is 0 Å². The second-order valence-corrected chi connectivity index (χ2v) is 9.89. The van der Waals surface area contributed by atoms with Gasteiger partial charge in [-0.25, -0.2) is 4.98 Å². The summed E-state index contributed by atoms with van der Waals surface area (Å²) < 4.78 is 8.77. The summed E-state index contributed by atoms with van der Waals surface area (Å²) in [6, 6.07) is 43.9. The molecule has 0 fully saturated rings. The first-order chi connectivity index (χ1) is 19.8. The molecule has 0 amide bonds. The number of hydrogen-bond donors (Lipinski definition) is 0. The lowest BCUT2D eigenvalue weighted by molar-refractivity contribution is 0.673. The van der Waals surface area contributed by atoms with E-state index in [0.717, 1.165) is 71.7 Å². The third kappa shape index (κ3) is 3.22. The van der Waals surface area contributed by atoms with E-state index >= 15 is 0 Å². The number of nitriles is 1. The van der Waals surface area contributed by atoms with E-state index in [1.54, 1.807) is 6.20 Å². The Hall–Kier alpha value is -5.66. The van der Waals surface area contributed by atoms with E-state index in [0.29, 0.717) is 5.69 Å². The molecule has 0 saturated heterocycles. The number of aromatic nitrogens is 2. The molecule has 0 bridgehead atoms. The third-order valence-electron chi connectivity index (χ3n) is 7.73. The van der Waals surface area contributed by atoms with Crippen molar-refractivity contribution < 1.29 is 4.42 Å². The summed E-state index contributed by atoms with van der Waals surface area (Å²) in [5, 5.41) is 14.2. The van der Waals surface area contributed by atoms with E-state index in [-0.39, 0.29) is 0 Å². The van der Waals surface area contributed by atoms with Gasteiger partial charge in [0.2, 0.25) is 0 Å². The lowest BCUT2D eigenvalue weighted by Crippen LogP contribution is -1.95. The van der Waals surface area contributed by atoms with Crippen LogP contribution < -0.4 is 0 Å². The van der Waals surface area contributed by atoms with E-state index in [9.17, 15) is 5.26 Å². The Morgan fingerprint density at radius 2 is 1.40 bits per heavy atom. The highest BCUT2D eigenvalue weighted by Crippen LogP contribution is 2.41. The Bertz CT molecular complexity index is 2300. The van der Waals surface area contributed by atoms with Crippen molar-refractivity contribution in [1.82, 2.24) is 9.55 Å². The highest BCUT2D eigenvalue weighted by atomic mass is 16.3. The Kier molecular flexibility index (Phi) is 4.85. The molecule has 0 aliphatic carbocycles. The maximum Gasteiger partial charge on any atom is 0.148 e. The summed E-state index contributed by atoms with van der Waals surface area (Å²) in [5.41, 5.74) is 9.43. The van der Waals surface area contributed by atoms with Gasteiger partial charge in [0.1, 0.15) is 22.9 Å². The lowest BCUT2D eigenvalue weighted by atomic mass is 9.93. The standard InChI is InChI=1S/C36H21N3O/c37-22-31-27(15-8-20-38-31)26-12-2-1-11-25(26)23-9-7-10-24(21-23)39-32-16-5-3-14-30(32)35-33(39)19-18-29-28-13-4-6-17-34(28)40-36(29)35/h1-21H. The van der Waals surface area contributed by atoms with E-state index in [2.05, 4.69) is 101 Å². The van der Waals surface area contributed by atoms with Gasteiger partial charge < -0.3 is 8.98 Å². The number of benzene rings is 5. The summed E-state index contributed by atoms with van der Waals surface area (Å²) in [6.07, 6.45) is 1.66. The molecule has 0 atom stereocenters. The Morgan fingerprint density at radius 1 is 0.625 bits per heavy atom. The quantitative estimate of drug-likeness (QED) is 0.237. The van der Waals surface area contributed by atoms with Crippen LogP contribution in [0.3, 0.4) is 0 Å².